The van der Waals surface area contributed by atoms with Gasteiger partial charge < -0.3 is 19.4 Å². The number of anilines is 1. The van der Waals surface area contributed by atoms with Crippen molar-refractivity contribution in [3.8, 4) is 0 Å². The Kier molecular flexibility index (Phi) is 6.83. The van der Waals surface area contributed by atoms with Crippen molar-refractivity contribution < 1.29 is 23.6 Å². The molecule has 194 valence electrons. The molecule has 3 heterocycles. The fourth-order valence-electron chi connectivity index (χ4n) is 4.32. The Morgan fingerprint density at radius 1 is 1.14 bits per heavy atom. The molecular weight excluding hydrogens is 459 g/mol. The van der Waals surface area contributed by atoms with Crippen molar-refractivity contribution in [1.82, 2.24) is 14.7 Å². The van der Waals surface area contributed by atoms with Gasteiger partial charge in [0.2, 0.25) is 0 Å². The van der Waals surface area contributed by atoms with E-state index in [4.69, 9.17) is 14.0 Å². The Balaban J connectivity index is 1.44. The molecule has 9 nitrogen and oxygen atoms in total. The summed E-state index contributed by atoms with van der Waals surface area (Å²) < 4.78 is 19.7. The number of rotatable bonds is 5. The van der Waals surface area contributed by atoms with Crippen LogP contribution in [0.5, 0.6) is 0 Å². The van der Waals surface area contributed by atoms with Crippen LogP contribution in [0.25, 0.3) is 0 Å². The third-order valence-corrected chi connectivity index (χ3v) is 7.01. The van der Waals surface area contributed by atoms with Gasteiger partial charge in [-0.2, -0.15) is 5.10 Å². The molecule has 1 aromatic carbocycles. The van der Waals surface area contributed by atoms with Gasteiger partial charge in [0, 0.05) is 18.8 Å². The number of carbonyl (C=O) groups excluding carboxylic acids is 2. The summed E-state index contributed by atoms with van der Waals surface area (Å²) in [6, 6.07) is 7.49. The van der Waals surface area contributed by atoms with Gasteiger partial charge in [-0.05, 0) is 78.5 Å². The zero-order chi connectivity index (χ0) is 26.5. The molecule has 0 spiro atoms. The maximum atomic E-state index is 13.1. The van der Waals surface area contributed by atoms with Crippen LogP contribution in [0.1, 0.15) is 70.2 Å². The molecule has 0 aliphatic carbocycles. The molecule has 0 unspecified atom stereocenters. The van der Waals surface area contributed by atoms with Crippen molar-refractivity contribution in [2.75, 3.05) is 18.4 Å². The van der Waals surface area contributed by atoms with Crippen LogP contribution in [0, 0.1) is 6.92 Å². The molecule has 10 heteroatoms. The molecule has 1 aromatic heterocycles. The molecule has 36 heavy (non-hydrogen) atoms. The van der Waals surface area contributed by atoms with E-state index in [1.54, 1.807) is 6.07 Å². The third-order valence-electron chi connectivity index (χ3n) is 7.01. The Labute approximate surface area is 213 Å². The minimum atomic E-state index is -0.516. The smallest absolute Gasteiger partial charge is 0.459 e. The average Bonchev–Trinajstić information content (AvgIpc) is 3.25. The number of benzene rings is 1. The number of nitrogens with zero attached hydrogens (tertiary/aromatic N) is 3. The van der Waals surface area contributed by atoms with E-state index >= 15 is 0 Å². The molecule has 1 saturated heterocycles. The van der Waals surface area contributed by atoms with E-state index in [0.717, 1.165) is 16.7 Å². The van der Waals surface area contributed by atoms with Gasteiger partial charge in [0.25, 0.3) is 5.91 Å². The van der Waals surface area contributed by atoms with Crippen molar-refractivity contribution in [3.05, 3.63) is 41.2 Å². The molecule has 1 fully saturated rings. The maximum absolute atomic E-state index is 13.1. The third kappa shape index (κ3) is 5.50. The van der Waals surface area contributed by atoms with Crippen LogP contribution in [0.2, 0.25) is 0 Å². The van der Waals surface area contributed by atoms with Gasteiger partial charge in [-0.1, -0.05) is 12.1 Å². The lowest BCUT2D eigenvalue weighted by atomic mass is 9.76. The molecular formula is C26H37BN4O5. The van der Waals surface area contributed by atoms with E-state index in [1.165, 1.54) is 0 Å². The molecule has 1 amide bonds. The first-order chi connectivity index (χ1) is 16.6. The van der Waals surface area contributed by atoms with E-state index in [0.29, 0.717) is 31.0 Å². The predicted molar refractivity (Wildman–Crippen MR) is 138 cm³/mol. The van der Waals surface area contributed by atoms with Crippen LogP contribution in [0.3, 0.4) is 0 Å². The number of hydrogen-bond acceptors (Lipinski definition) is 7. The summed E-state index contributed by atoms with van der Waals surface area (Å²) >= 11 is 0. The molecule has 0 radical (unpaired) electrons. The second kappa shape index (κ2) is 9.32. The SMILES string of the molecule is Cc1c(NC(=O)c2cc3n(n2)CCN(CC(=O)OC(C)(C)C)C3)cccc1B1OC(C)(C)C(C)(C)O1. The highest BCUT2D eigenvalue weighted by molar-refractivity contribution is 6.62. The van der Waals surface area contributed by atoms with Gasteiger partial charge in [0.15, 0.2) is 5.69 Å². The molecule has 0 bridgehead atoms. The molecule has 1 N–H and O–H groups in total. The van der Waals surface area contributed by atoms with Gasteiger partial charge in [-0.25, -0.2) is 0 Å². The largest absolute Gasteiger partial charge is 0.495 e. The summed E-state index contributed by atoms with van der Waals surface area (Å²) in [7, 11) is -0.511. The van der Waals surface area contributed by atoms with Crippen LogP contribution in [0.15, 0.2) is 24.3 Å². The zero-order valence-electron chi connectivity index (χ0n) is 22.6. The van der Waals surface area contributed by atoms with Gasteiger partial charge in [0.05, 0.1) is 30.0 Å². The number of amides is 1. The lowest BCUT2D eigenvalue weighted by Gasteiger charge is -2.32. The zero-order valence-corrected chi connectivity index (χ0v) is 22.6. The number of ether oxygens (including phenoxy) is 1. The van der Waals surface area contributed by atoms with E-state index < -0.39 is 23.9 Å². The maximum Gasteiger partial charge on any atom is 0.495 e. The summed E-state index contributed by atoms with van der Waals surface area (Å²) in [5.74, 6) is -0.546. The number of esters is 1. The summed E-state index contributed by atoms with van der Waals surface area (Å²) in [4.78, 5) is 27.3. The highest BCUT2D eigenvalue weighted by atomic mass is 16.7. The highest BCUT2D eigenvalue weighted by Crippen LogP contribution is 2.37. The van der Waals surface area contributed by atoms with E-state index in [-0.39, 0.29) is 18.4 Å². The van der Waals surface area contributed by atoms with Gasteiger partial charge >= 0.3 is 13.1 Å². The molecule has 4 rings (SSSR count). The first kappa shape index (κ1) is 26.4. The topological polar surface area (TPSA) is 94.9 Å². The molecule has 2 aliphatic heterocycles. The van der Waals surface area contributed by atoms with E-state index in [2.05, 4.69) is 10.4 Å². The second-order valence-electron chi connectivity index (χ2n) is 11.6. The minimum Gasteiger partial charge on any atom is -0.459 e. The van der Waals surface area contributed by atoms with E-state index in [1.807, 2.05) is 83.2 Å². The fourth-order valence-corrected chi connectivity index (χ4v) is 4.32. The Hall–Kier alpha value is -2.69. The number of nitrogens with one attached hydrogen (secondary N) is 1. The van der Waals surface area contributed by atoms with Crippen LogP contribution in [-0.4, -0.2) is 63.6 Å². The van der Waals surface area contributed by atoms with Crippen LogP contribution in [-0.2, 0) is 31.9 Å². The van der Waals surface area contributed by atoms with Gasteiger partial charge in [-0.3, -0.25) is 19.2 Å². The average molecular weight is 496 g/mol. The van der Waals surface area contributed by atoms with Gasteiger partial charge in [0.1, 0.15) is 5.60 Å². The monoisotopic (exact) mass is 496 g/mol. The van der Waals surface area contributed by atoms with Crippen molar-refractivity contribution >= 4 is 30.1 Å². The lowest BCUT2D eigenvalue weighted by molar-refractivity contribution is -0.156. The highest BCUT2D eigenvalue weighted by Gasteiger charge is 2.52. The number of fused-ring (bicyclic) bond motifs is 1. The summed E-state index contributed by atoms with van der Waals surface area (Å²) in [5, 5.41) is 7.50. The first-order valence-electron chi connectivity index (χ1n) is 12.4. The van der Waals surface area contributed by atoms with Crippen molar-refractivity contribution in [2.45, 2.75) is 85.3 Å². The van der Waals surface area contributed by atoms with Crippen LogP contribution in [0.4, 0.5) is 5.69 Å². The standard InChI is InChI=1S/C26H37BN4O5/c1-17-19(27-35-25(5,6)26(7,8)36-27)10-9-11-20(17)28-23(33)21-14-18-15-30(12-13-31(18)29-21)16-22(32)34-24(2,3)4/h9-11,14H,12-13,15-16H2,1-8H3,(H,28,33). The first-order valence-corrected chi connectivity index (χ1v) is 12.4. The summed E-state index contributed by atoms with van der Waals surface area (Å²) in [6.45, 7) is 17.6. The predicted octanol–water partition coefficient (Wildman–Crippen LogP) is 2.90. The molecule has 2 aromatic rings. The molecule has 0 atom stereocenters. The van der Waals surface area contributed by atoms with Crippen LogP contribution >= 0.6 is 0 Å². The normalized spacial score (nSPS) is 19.2. The fraction of sp³-hybridized carbons (Fsp3) is 0.577. The molecule has 0 saturated carbocycles. The van der Waals surface area contributed by atoms with Crippen molar-refractivity contribution in [3.63, 3.8) is 0 Å². The Morgan fingerprint density at radius 2 is 1.81 bits per heavy atom. The van der Waals surface area contributed by atoms with Crippen molar-refractivity contribution in [1.29, 1.82) is 0 Å². The molecule has 2 aliphatic rings. The quantitative estimate of drug-likeness (QED) is 0.503. The summed E-state index contributed by atoms with van der Waals surface area (Å²) in [5.41, 5.74) is 2.27. The summed E-state index contributed by atoms with van der Waals surface area (Å²) in [6.07, 6.45) is 0. The number of hydrogen-bond donors (Lipinski definition) is 1. The Morgan fingerprint density at radius 3 is 2.44 bits per heavy atom. The Bertz CT molecular complexity index is 1150. The van der Waals surface area contributed by atoms with E-state index in [9.17, 15) is 9.59 Å². The second-order valence-corrected chi connectivity index (χ2v) is 11.6. The van der Waals surface area contributed by atoms with Crippen molar-refractivity contribution in [2.24, 2.45) is 0 Å². The number of aromatic nitrogens is 2. The number of carbonyl (C=O) groups is 2. The minimum absolute atomic E-state index is 0.203. The van der Waals surface area contributed by atoms with Gasteiger partial charge in [-0.15, -0.1) is 0 Å². The lowest BCUT2D eigenvalue weighted by Crippen LogP contribution is -2.41. The van der Waals surface area contributed by atoms with Crippen LogP contribution < -0.4 is 10.8 Å².